The fourth-order valence-electron chi connectivity index (χ4n) is 2.87. The lowest BCUT2D eigenvalue weighted by Gasteiger charge is -2.35. The Morgan fingerprint density at radius 3 is 2.45 bits per heavy atom. The second kappa shape index (κ2) is 9.35. The molecule has 20 heavy (non-hydrogen) atoms. The summed E-state index contributed by atoms with van der Waals surface area (Å²) in [5, 5.41) is 6.56. The van der Waals surface area contributed by atoms with E-state index in [0.29, 0.717) is 12.5 Å². The molecule has 118 valence electrons. The number of hydrogen-bond donors (Lipinski definition) is 2. The summed E-state index contributed by atoms with van der Waals surface area (Å²) in [6.45, 7) is 12.8. The Morgan fingerprint density at radius 2 is 1.90 bits per heavy atom. The summed E-state index contributed by atoms with van der Waals surface area (Å²) >= 11 is 0. The van der Waals surface area contributed by atoms with Crippen molar-refractivity contribution in [1.29, 1.82) is 0 Å². The van der Waals surface area contributed by atoms with E-state index in [1.54, 1.807) is 0 Å². The molecule has 1 saturated heterocycles. The summed E-state index contributed by atoms with van der Waals surface area (Å²) in [7, 11) is 0. The predicted octanol–water partition coefficient (Wildman–Crippen LogP) is 2.00. The number of rotatable bonds is 8. The number of carbonyl (C=O) groups is 1. The van der Waals surface area contributed by atoms with Gasteiger partial charge in [-0.25, -0.2) is 0 Å². The Kier molecular flexibility index (Phi) is 8.15. The number of amides is 1. The number of carbonyl (C=O) groups excluding carboxylic acids is 1. The van der Waals surface area contributed by atoms with Crippen molar-refractivity contribution in [1.82, 2.24) is 15.5 Å². The van der Waals surface area contributed by atoms with Gasteiger partial charge in [0.15, 0.2) is 0 Å². The van der Waals surface area contributed by atoms with Crippen LogP contribution >= 0.6 is 0 Å². The van der Waals surface area contributed by atoms with Crippen LogP contribution < -0.4 is 10.6 Å². The van der Waals surface area contributed by atoms with Crippen molar-refractivity contribution < 1.29 is 4.79 Å². The molecule has 0 aliphatic carbocycles. The van der Waals surface area contributed by atoms with E-state index in [4.69, 9.17) is 0 Å². The van der Waals surface area contributed by atoms with Crippen LogP contribution in [0.3, 0.4) is 0 Å². The summed E-state index contributed by atoms with van der Waals surface area (Å²) in [5.41, 5.74) is 0. The van der Waals surface area contributed by atoms with Crippen molar-refractivity contribution in [3.63, 3.8) is 0 Å². The van der Waals surface area contributed by atoms with Crippen LogP contribution in [0.15, 0.2) is 0 Å². The average molecular weight is 283 g/mol. The quantitative estimate of drug-likeness (QED) is 0.716. The first-order valence-corrected chi connectivity index (χ1v) is 8.28. The maximum Gasteiger partial charge on any atom is 0.221 e. The molecular formula is C16H33N3O. The van der Waals surface area contributed by atoms with Gasteiger partial charge in [-0.15, -0.1) is 0 Å². The van der Waals surface area contributed by atoms with E-state index in [1.807, 2.05) is 13.8 Å². The standard InChI is InChI=1S/C16H33N3O/c1-5-9-17-14(4)15-6-10-19(11-7-15)12-8-16(20)18-13(2)3/h13-15,17H,5-12H2,1-4H3,(H,18,20). The molecule has 0 aromatic carbocycles. The SMILES string of the molecule is CCCNC(C)C1CCN(CCC(=O)NC(C)C)CC1. The van der Waals surface area contributed by atoms with E-state index in [1.165, 1.54) is 19.3 Å². The molecule has 0 bridgehead atoms. The van der Waals surface area contributed by atoms with Gasteiger partial charge in [0.05, 0.1) is 0 Å². The van der Waals surface area contributed by atoms with Gasteiger partial charge in [0, 0.05) is 25.0 Å². The largest absolute Gasteiger partial charge is 0.354 e. The van der Waals surface area contributed by atoms with Gasteiger partial charge >= 0.3 is 0 Å². The number of nitrogens with one attached hydrogen (secondary N) is 2. The van der Waals surface area contributed by atoms with Crippen molar-refractivity contribution in [3.8, 4) is 0 Å². The van der Waals surface area contributed by atoms with Gasteiger partial charge in [-0.3, -0.25) is 4.79 Å². The zero-order valence-electron chi connectivity index (χ0n) is 13.7. The van der Waals surface area contributed by atoms with Crippen LogP contribution in [0, 0.1) is 5.92 Å². The van der Waals surface area contributed by atoms with Crippen LogP contribution in [-0.2, 0) is 4.79 Å². The first-order chi connectivity index (χ1) is 9.52. The topological polar surface area (TPSA) is 44.4 Å². The third-order valence-electron chi connectivity index (χ3n) is 4.16. The van der Waals surface area contributed by atoms with E-state index >= 15 is 0 Å². The van der Waals surface area contributed by atoms with Crippen molar-refractivity contribution in [2.75, 3.05) is 26.2 Å². The molecule has 0 radical (unpaired) electrons. The second-order valence-corrected chi connectivity index (χ2v) is 6.39. The second-order valence-electron chi connectivity index (χ2n) is 6.39. The summed E-state index contributed by atoms with van der Waals surface area (Å²) in [5.74, 6) is 0.974. The summed E-state index contributed by atoms with van der Waals surface area (Å²) < 4.78 is 0. The van der Waals surface area contributed by atoms with Crippen molar-refractivity contribution in [2.45, 2.75) is 65.5 Å². The van der Waals surface area contributed by atoms with E-state index in [9.17, 15) is 4.79 Å². The monoisotopic (exact) mass is 283 g/mol. The number of nitrogens with zero attached hydrogens (tertiary/aromatic N) is 1. The van der Waals surface area contributed by atoms with Gasteiger partial charge in [-0.1, -0.05) is 6.92 Å². The van der Waals surface area contributed by atoms with Crippen LogP contribution in [0.1, 0.15) is 53.4 Å². The van der Waals surface area contributed by atoms with Crippen molar-refractivity contribution in [2.24, 2.45) is 5.92 Å². The highest BCUT2D eigenvalue weighted by Gasteiger charge is 2.23. The molecular weight excluding hydrogens is 250 g/mol. The third-order valence-corrected chi connectivity index (χ3v) is 4.16. The fraction of sp³-hybridized carbons (Fsp3) is 0.938. The number of hydrogen-bond acceptors (Lipinski definition) is 3. The molecule has 2 N–H and O–H groups in total. The van der Waals surface area contributed by atoms with Crippen LogP contribution in [-0.4, -0.2) is 49.1 Å². The minimum absolute atomic E-state index is 0.181. The highest BCUT2D eigenvalue weighted by Crippen LogP contribution is 2.20. The molecule has 1 rings (SSSR count). The van der Waals surface area contributed by atoms with Gasteiger partial charge in [0.2, 0.25) is 5.91 Å². The minimum Gasteiger partial charge on any atom is -0.354 e. The predicted molar refractivity (Wildman–Crippen MR) is 84.8 cm³/mol. The highest BCUT2D eigenvalue weighted by molar-refractivity contribution is 5.76. The van der Waals surface area contributed by atoms with Crippen LogP contribution in [0.2, 0.25) is 0 Å². The van der Waals surface area contributed by atoms with Crippen molar-refractivity contribution >= 4 is 5.91 Å². The molecule has 4 heteroatoms. The Morgan fingerprint density at radius 1 is 1.25 bits per heavy atom. The van der Waals surface area contributed by atoms with Gasteiger partial charge in [0.1, 0.15) is 0 Å². The van der Waals surface area contributed by atoms with Crippen LogP contribution in [0.4, 0.5) is 0 Å². The first kappa shape index (κ1) is 17.4. The lowest BCUT2D eigenvalue weighted by atomic mass is 9.90. The Labute approximate surface area is 124 Å². The molecule has 0 aromatic rings. The molecule has 1 fully saturated rings. The molecule has 4 nitrogen and oxygen atoms in total. The lowest BCUT2D eigenvalue weighted by molar-refractivity contribution is -0.122. The molecule has 0 saturated carbocycles. The zero-order chi connectivity index (χ0) is 15.0. The maximum absolute atomic E-state index is 11.6. The zero-order valence-corrected chi connectivity index (χ0v) is 13.7. The molecule has 1 aliphatic rings. The molecule has 1 unspecified atom stereocenters. The van der Waals surface area contributed by atoms with Crippen LogP contribution in [0.25, 0.3) is 0 Å². The van der Waals surface area contributed by atoms with Gasteiger partial charge < -0.3 is 15.5 Å². The average Bonchev–Trinajstić information content (AvgIpc) is 2.42. The lowest BCUT2D eigenvalue weighted by Crippen LogP contribution is -2.43. The van der Waals surface area contributed by atoms with Gasteiger partial charge in [-0.2, -0.15) is 0 Å². The van der Waals surface area contributed by atoms with E-state index in [2.05, 4.69) is 29.4 Å². The van der Waals surface area contributed by atoms with E-state index in [-0.39, 0.29) is 11.9 Å². The third kappa shape index (κ3) is 6.71. The van der Waals surface area contributed by atoms with Gasteiger partial charge in [-0.05, 0) is 65.6 Å². The van der Waals surface area contributed by atoms with E-state index < -0.39 is 0 Å². The minimum atomic E-state index is 0.181. The maximum atomic E-state index is 11.6. The Balaban J connectivity index is 2.17. The fourth-order valence-corrected chi connectivity index (χ4v) is 2.87. The number of likely N-dealkylation sites (tertiary alicyclic amines) is 1. The molecule has 1 atom stereocenters. The summed E-state index contributed by atoms with van der Waals surface area (Å²) in [6.07, 6.45) is 4.34. The van der Waals surface area contributed by atoms with Crippen LogP contribution in [0.5, 0.6) is 0 Å². The molecule has 0 spiro atoms. The molecule has 1 heterocycles. The van der Waals surface area contributed by atoms with Crippen molar-refractivity contribution in [3.05, 3.63) is 0 Å². The van der Waals surface area contributed by atoms with Gasteiger partial charge in [0.25, 0.3) is 0 Å². The Hall–Kier alpha value is -0.610. The smallest absolute Gasteiger partial charge is 0.221 e. The summed E-state index contributed by atoms with van der Waals surface area (Å²) in [6, 6.07) is 0.875. The summed E-state index contributed by atoms with van der Waals surface area (Å²) in [4.78, 5) is 14.1. The molecule has 1 aliphatic heterocycles. The first-order valence-electron chi connectivity index (χ1n) is 8.28. The normalized spacial score (nSPS) is 19.2. The number of piperidine rings is 1. The molecule has 1 amide bonds. The van der Waals surface area contributed by atoms with E-state index in [0.717, 1.165) is 32.1 Å². The highest BCUT2D eigenvalue weighted by atomic mass is 16.1. The Bertz CT molecular complexity index is 273. The molecule has 0 aromatic heterocycles.